The maximum atomic E-state index is 12.7. The highest BCUT2D eigenvalue weighted by molar-refractivity contribution is 6.22. The molecule has 152 valence electrons. The van der Waals surface area contributed by atoms with Crippen molar-refractivity contribution in [2.75, 3.05) is 10.2 Å². The molecule has 1 saturated heterocycles. The number of anilines is 2. The number of carboxylic acid groups (broad SMARTS) is 1. The molecular weight excluding hydrogens is 384 g/mol. The molecule has 4 rings (SSSR count). The van der Waals surface area contributed by atoms with Gasteiger partial charge in [0.2, 0.25) is 11.8 Å². The molecule has 0 saturated carbocycles. The van der Waals surface area contributed by atoms with E-state index in [4.69, 9.17) is 5.11 Å². The zero-order chi connectivity index (χ0) is 21.4. The maximum absolute atomic E-state index is 12.7. The number of hydrogen-bond acceptors (Lipinski definition) is 4. The van der Waals surface area contributed by atoms with E-state index in [2.05, 4.69) is 5.32 Å². The molecule has 7 nitrogen and oxygen atoms in total. The lowest BCUT2D eigenvalue weighted by molar-refractivity contribution is -0.122. The lowest BCUT2D eigenvalue weighted by Gasteiger charge is -2.15. The van der Waals surface area contributed by atoms with Crippen LogP contribution in [0, 0.1) is 18.8 Å². The van der Waals surface area contributed by atoms with Gasteiger partial charge in [-0.2, -0.15) is 0 Å². The lowest BCUT2D eigenvalue weighted by atomic mass is 9.85. The Morgan fingerprint density at radius 1 is 0.933 bits per heavy atom. The molecule has 2 aliphatic rings. The highest BCUT2D eigenvalue weighted by atomic mass is 16.4. The number of nitrogens with zero attached hydrogens (tertiary/aromatic N) is 1. The number of nitrogens with one attached hydrogen (secondary N) is 1. The van der Waals surface area contributed by atoms with Crippen LogP contribution in [0.2, 0.25) is 0 Å². The van der Waals surface area contributed by atoms with Gasteiger partial charge < -0.3 is 10.4 Å². The number of aryl methyl sites for hydroxylation is 1. The molecule has 2 atom stereocenters. The largest absolute Gasteiger partial charge is 0.478 e. The Hall–Kier alpha value is -3.74. The van der Waals surface area contributed by atoms with Crippen LogP contribution in [0.3, 0.4) is 0 Å². The van der Waals surface area contributed by atoms with Crippen LogP contribution in [-0.2, 0) is 9.59 Å². The van der Waals surface area contributed by atoms with Gasteiger partial charge in [0.15, 0.2) is 0 Å². The van der Waals surface area contributed by atoms with Crippen molar-refractivity contribution >= 4 is 35.1 Å². The first-order valence-corrected chi connectivity index (χ1v) is 9.65. The van der Waals surface area contributed by atoms with Gasteiger partial charge in [0.25, 0.3) is 5.91 Å². The Morgan fingerprint density at radius 3 is 2.07 bits per heavy atom. The van der Waals surface area contributed by atoms with E-state index in [1.165, 1.54) is 17.0 Å². The molecule has 1 aliphatic heterocycles. The summed E-state index contributed by atoms with van der Waals surface area (Å²) in [6, 6.07) is 10.7. The minimum atomic E-state index is -1.08. The minimum absolute atomic E-state index is 0.0771. The van der Waals surface area contributed by atoms with Crippen LogP contribution < -0.4 is 10.2 Å². The van der Waals surface area contributed by atoms with Gasteiger partial charge in [-0.1, -0.05) is 18.2 Å². The van der Waals surface area contributed by atoms with Gasteiger partial charge in [-0.25, -0.2) is 4.79 Å². The quantitative estimate of drug-likeness (QED) is 0.600. The molecule has 0 aromatic heterocycles. The fraction of sp³-hybridized carbons (Fsp3) is 0.217. The third-order valence-corrected chi connectivity index (χ3v) is 5.63. The van der Waals surface area contributed by atoms with E-state index < -0.39 is 11.9 Å². The number of carbonyl (C=O) groups excluding carboxylic acids is 3. The van der Waals surface area contributed by atoms with Crippen molar-refractivity contribution in [3.8, 4) is 0 Å². The average Bonchev–Trinajstić information content (AvgIpc) is 3.00. The molecule has 1 heterocycles. The van der Waals surface area contributed by atoms with Gasteiger partial charge in [-0.15, -0.1) is 0 Å². The number of allylic oxidation sites excluding steroid dienone is 2. The van der Waals surface area contributed by atoms with Crippen molar-refractivity contribution in [1.29, 1.82) is 0 Å². The van der Waals surface area contributed by atoms with Crippen molar-refractivity contribution in [1.82, 2.24) is 0 Å². The molecule has 1 fully saturated rings. The Bertz CT molecular complexity index is 1060. The normalized spacial score (nSPS) is 20.2. The molecule has 7 heteroatoms. The number of amides is 3. The second kappa shape index (κ2) is 7.59. The van der Waals surface area contributed by atoms with Crippen LogP contribution in [0.15, 0.2) is 54.6 Å². The third kappa shape index (κ3) is 3.39. The monoisotopic (exact) mass is 404 g/mol. The molecule has 2 aromatic rings. The highest BCUT2D eigenvalue weighted by Gasteiger charge is 2.47. The van der Waals surface area contributed by atoms with Crippen LogP contribution in [0.4, 0.5) is 11.4 Å². The number of rotatable bonds is 4. The molecule has 2 N–H and O–H groups in total. The van der Waals surface area contributed by atoms with Crippen molar-refractivity contribution in [2.24, 2.45) is 11.8 Å². The zero-order valence-electron chi connectivity index (χ0n) is 16.3. The van der Waals surface area contributed by atoms with E-state index in [0.717, 1.165) is 5.56 Å². The first kappa shape index (κ1) is 19.6. The Kier molecular flexibility index (Phi) is 4.95. The van der Waals surface area contributed by atoms with Crippen LogP contribution >= 0.6 is 0 Å². The van der Waals surface area contributed by atoms with Gasteiger partial charge in [-0.3, -0.25) is 19.3 Å². The summed E-state index contributed by atoms with van der Waals surface area (Å²) < 4.78 is 0. The number of imide groups is 1. The van der Waals surface area contributed by atoms with Crippen molar-refractivity contribution in [3.63, 3.8) is 0 Å². The van der Waals surface area contributed by atoms with Crippen LogP contribution in [0.1, 0.15) is 39.1 Å². The number of hydrogen-bond donors (Lipinski definition) is 2. The summed E-state index contributed by atoms with van der Waals surface area (Å²) in [4.78, 5) is 50.3. The van der Waals surface area contributed by atoms with E-state index >= 15 is 0 Å². The van der Waals surface area contributed by atoms with E-state index in [1.54, 1.807) is 37.3 Å². The van der Waals surface area contributed by atoms with Crippen molar-refractivity contribution < 1.29 is 24.3 Å². The van der Waals surface area contributed by atoms with Gasteiger partial charge in [0, 0.05) is 11.3 Å². The standard InChI is InChI=1S/C23H20N2O5/c1-13-6-7-15(23(29)30)12-19(13)24-20(26)14-8-10-16(11-9-14)25-21(27)17-4-2-3-5-18(17)22(25)28/h2-3,6-12,17-18H,4-5H2,1H3,(H,24,26)(H,29,30)/t17-,18-/m1/s1. The smallest absolute Gasteiger partial charge is 0.335 e. The first-order chi connectivity index (χ1) is 14.4. The molecule has 0 unspecified atom stereocenters. The molecule has 2 aromatic carbocycles. The molecule has 1 aliphatic carbocycles. The fourth-order valence-corrected chi connectivity index (χ4v) is 3.90. The molecular formula is C23H20N2O5. The molecule has 3 amide bonds. The lowest BCUT2D eigenvalue weighted by Crippen LogP contribution is -2.30. The topological polar surface area (TPSA) is 104 Å². The fourth-order valence-electron chi connectivity index (χ4n) is 3.90. The Balaban J connectivity index is 1.52. The molecule has 0 bridgehead atoms. The molecule has 30 heavy (non-hydrogen) atoms. The number of carboxylic acids is 1. The summed E-state index contributed by atoms with van der Waals surface area (Å²) in [6.45, 7) is 1.77. The summed E-state index contributed by atoms with van der Waals surface area (Å²) in [5.74, 6) is -2.51. The predicted octanol–water partition coefficient (Wildman–Crippen LogP) is 3.40. The Labute approximate surface area is 173 Å². The summed E-state index contributed by atoms with van der Waals surface area (Å²) in [5, 5.41) is 11.8. The highest BCUT2D eigenvalue weighted by Crippen LogP contribution is 2.37. The third-order valence-electron chi connectivity index (χ3n) is 5.63. The van der Waals surface area contributed by atoms with E-state index in [1.807, 2.05) is 12.2 Å². The van der Waals surface area contributed by atoms with E-state index in [0.29, 0.717) is 29.8 Å². The SMILES string of the molecule is Cc1ccc(C(=O)O)cc1NC(=O)c1ccc(N2C(=O)[C@@H]3CC=CC[C@H]3C2=O)cc1. The number of fused-ring (bicyclic) bond motifs is 1. The summed E-state index contributed by atoms with van der Waals surface area (Å²) in [6.07, 6.45) is 5.01. The van der Waals surface area contributed by atoms with Gasteiger partial charge in [-0.05, 0) is 61.7 Å². The first-order valence-electron chi connectivity index (χ1n) is 9.65. The number of benzene rings is 2. The second-order valence-corrected chi connectivity index (χ2v) is 7.50. The van der Waals surface area contributed by atoms with Gasteiger partial charge in [0.1, 0.15) is 0 Å². The van der Waals surface area contributed by atoms with Gasteiger partial charge >= 0.3 is 5.97 Å². The Morgan fingerprint density at radius 2 is 1.50 bits per heavy atom. The average molecular weight is 404 g/mol. The van der Waals surface area contributed by atoms with Crippen molar-refractivity contribution in [3.05, 3.63) is 71.3 Å². The second-order valence-electron chi connectivity index (χ2n) is 7.50. The number of aromatic carboxylic acids is 1. The van der Waals surface area contributed by atoms with Crippen molar-refractivity contribution in [2.45, 2.75) is 19.8 Å². The summed E-state index contributed by atoms with van der Waals surface area (Å²) in [7, 11) is 0. The number of carbonyl (C=O) groups is 4. The van der Waals surface area contributed by atoms with Crippen LogP contribution in [-0.4, -0.2) is 28.8 Å². The van der Waals surface area contributed by atoms with Gasteiger partial charge in [0.05, 0.1) is 23.1 Å². The summed E-state index contributed by atoms with van der Waals surface area (Å²) >= 11 is 0. The summed E-state index contributed by atoms with van der Waals surface area (Å²) in [5.41, 5.74) is 1.99. The van der Waals surface area contributed by atoms with E-state index in [9.17, 15) is 19.2 Å². The zero-order valence-corrected chi connectivity index (χ0v) is 16.3. The minimum Gasteiger partial charge on any atom is -0.478 e. The maximum Gasteiger partial charge on any atom is 0.335 e. The molecule has 0 spiro atoms. The molecule has 0 radical (unpaired) electrons. The van der Waals surface area contributed by atoms with Crippen LogP contribution in [0.25, 0.3) is 0 Å². The van der Waals surface area contributed by atoms with Crippen LogP contribution in [0.5, 0.6) is 0 Å². The predicted molar refractivity (Wildman–Crippen MR) is 110 cm³/mol. The van der Waals surface area contributed by atoms with E-state index in [-0.39, 0.29) is 29.2 Å².